The summed E-state index contributed by atoms with van der Waals surface area (Å²) in [5.41, 5.74) is 0.664. The Bertz CT molecular complexity index is 628. The van der Waals surface area contributed by atoms with Crippen molar-refractivity contribution >= 4 is 5.97 Å². The van der Waals surface area contributed by atoms with Gasteiger partial charge in [0.1, 0.15) is 11.6 Å². The van der Waals surface area contributed by atoms with Gasteiger partial charge in [-0.25, -0.2) is 9.18 Å². The number of methoxy groups -OCH3 is 1. The van der Waals surface area contributed by atoms with E-state index in [9.17, 15) is 9.18 Å². The van der Waals surface area contributed by atoms with E-state index in [-0.39, 0.29) is 23.4 Å². The minimum atomic E-state index is -0.530. The number of esters is 1. The van der Waals surface area contributed by atoms with E-state index in [1.54, 1.807) is 19.1 Å². The Kier molecular flexibility index (Phi) is 4.30. The van der Waals surface area contributed by atoms with E-state index >= 15 is 0 Å². The minimum Gasteiger partial charge on any atom is -0.497 e. The van der Waals surface area contributed by atoms with Crippen LogP contribution in [-0.2, 0) is 4.74 Å². The molecule has 0 spiro atoms. The summed E-state index contributed by atoms with van der Waals surface area (Å²) in [6.45, 7) is 1.95. The highest BCUT2D eigenvalue weighted by molar-refractivity contribution is 5.96. The molecular formula is C15H14FNO3. The second kappa shape index (κ2) is 6.14. The van der Waals surface area contributed by atoms with E-state index in [1.807, 2.05) is 0 Å². The van der Waals surface area contributed by atoms with Gasteiger partial charge in [0, 0.05) is 11.8 Å². The molecule has 0 aliphatic heterocycles. The molecule has 0 aliphatic carbocycles. The predicted molar refractivity (Wildman–Crippen MR) is 72.1 cm³/mol. The smallest absolute Gasteiger partial charge is 0.340 e. The summed E-state index contributed by atoms with van der Waals surface area (Å²) in [5.74, 6) is -0.519. The first kappa shape index (κ1) is 14.0. The number of nitrogens with zero attached hydrogens (tertiary/aromatic N) is 1. The van der Waals surface area contributed by atoms with Crippen molar-refractivity contribution in [2.75, 3.05) is 13.7 Å². The quantitative estimate of drug-likeness (QED) is 0.805. The summed E-state index contributed by atoms with van der Waals surface area (Å²) in [6.07, 6.45) is 1.50. The van der Waals surface area contributed by atoms with Crippen LogP contribution in [0.3, 0.4) is 0 Å². The van der Waals surface area contributed by atoms with Gasteiger partial charge in [0.2, 0.25) is 0 Å². The lowest BCUT2D eigenvalue weighted by molar-refractivity contribution is 0.0527. The number of pyridine rings is 1. The zero-order valence-electron chi connectivity index (χ0n) is 11.2. The Labute approximate surface area is 116 Å². The monoisotopic (exact) mass is 275 g/mol. The average Bonchev–Trinajstić information content (AvgIpc) is 2.48. The lowest BCUT2D eigenvalue weighted by Crippen LogP contribution is -2.08. The third-order valence-corrected chi connectivity index (χ3v) is 2.73. The zero-order valence-corrected chi connectivity index (χ0v) is 11.2. The number of hydrogen-bond donors (Lipinski definition) is 0. The molecule has 0 fully saturated rings. The molecule has 0 radical (unpaired) electrons. The highest BCUT2D eigenvalue weighted by Gasteiger charge is 2.18. The van der Waals surface area contributed by atoms with Gasteiger partial charge in [-0.05, 0) is 37.3 Å². The van der Waals surface area contributed by atoms with Gasteiger partial charge in [0.25, 0.3) is 0 Å². The van der Waals surface area contributed by atoms with E-state index in [0.29, 0.717) is 5.75 Å². The van der Waals surface area contributed by atoms with Crippen molar-refractivity contribution in [3.05, 3.63) is 47.9 Å². The Morgan fingerprint density at radius 3 is 2.85 bits per heavy atom. The van der Waals surface area contributed by atoms with Crippen LogP contribution in [0.15, 0.2) is 36.5 Å². The molecule has 2 aromatic rings. The van der Waals surface area contributed by atoms with E-state index in [4.69, 9.17) is 9.47 Å². The largest absolute Gasteiger partial charge is 0.497 e. The second-order valence-corrected chi connectivity index (χ2v) is 3.97. The molecule has 1 aromatic carbocycles. The molecule has 0 aliphatic rings. The van der Waals surface area contributed by atoms with Crippen molar-refractivity contribution < 1.29 is 18.7 Å². The first-order chi connectivity index (χ1) is 9.67. The van der Waals surface area contributed by atoms with Gasteiger partial charge in [-0.3, -0.25) is 4.98 Å². The maximum atomic E-state index is 14.0. The van der Waals surface area contributed by atoms with Crippen LogP contribution in [0.25, 0.3) is 11.3 Å². The molecule has 0 bridgehead atoms. The highest BCUT2D eigenvalue weighted by Crippen LogP contribution is 2.28. The van der Waals surface area contributed by atoms with Crippen LogP contribution < -0.4 is 4.74 Å². The molecule has 4 nitrogen and oxygen atoms in total. The Hall–Kier alpha value is -2.43. The van der Waals surface area contributed by atoms with Crippen LogP contribution >= 0.6 is 0 Å². The van der Waals surface area contributed by atoms with Gasteiger partial charge in [-0.1, -0.05) is 0 Å². The van der Waals surface area contributed by atoms with Crippen molar-refractivity contribution in [3.63, 3.8) is 0 Å². The molecule has 2 rings (SSSR count). The van der Waals surface area contributed by atoms with Crippen molar-refractivity contribution in [1.29, 1.82) is 0 Å². The molecule has 0 N–H and O–H groups in total. The fourth-order valence-corrected chi connectivity index (χ4v) is 1.81. The van der Waals surface area contributed by atoms with Crippen LogP contribution in [0.5, 0.6) is 5.75 Å². The van der Waals surface area contributed by atoms with Gasteiger partial charge in [-0.2, -0.15) is 0 Å². The molecule has 5 heteroatoms. The van der Waals surface area contributed by atoms with Crippen molar-refractivity contribution in [2.24, 2.45) is 0 Å². The van der Waals surface area contributed by atoms with Gasteiger partial charge in [0.15, 0.2) is 0 Å². The summed E-state index contributed by atoms with van der Waals surface area (Å²) < 4.78 is 24.0. The van der Waals surface area contributed by atoms with Gasteiger partial charge in [0.05, 0.1) is 25.0 Å². The summed E-state index contributed by atoms with van der Waals surface area (Å²) in [4.78, 5) is 16.0. The summed E-state index contributed by atoms with van der Waals surface area (Å²) in [7, 11) is 1.49. The normalized spacial score (nSPS) is 10.2. The summed E-state index contributed by atoms with van der Waals surface area (Å²) in [5, 5.41) is 0. The van der Waals surface area contributed by atoms with E-state index in [1.165, 1.54) is 31.5 Å². The number of carbonyl (C=O) groups excluding carboxylic acids is 1. The summed E-state index contributed by atoms with van der Waals surface area (Å²) in [6, 6.07) is 7.44. The fraction of sp³-hybridized carbons (Fsp3) is 0.200. The Morgan fingerprint density at radius 1 is 1.35 bits per heavy atom. The molecule has 0 unspecified atom stereocenters. The van der Waals surface area contributed by atoms with Crippen LogP contribution in [-0.4, -0.2) is 24.7 Å². The van der Waals surface area contributed by atoms with Gasteiger partial charge >= 0.3 is 5.97 Å². The number of ether oxygens (including phenoxy) is 2. The zero-order chi connectivity index (χ0) is 14.5. The number of rotatable bonds is 4. The number of benzene rings is 1. The predicted octanol–water partition coefficient (Wildman–Crippen LogP) is 3.07. The maximum Gasteiger partial charge on any atom is 0.340 e. The van der Waals surface area contributed by atoms with E-state index in [2.05, 4.69) is 4.98 Å². The minimum absolute atomic E-state index is 0.202. The lowest BCUT2D eigenvalue weighted by atomic mass is 10.0. The Morgan fingerprint density at radius 2 is 2.15 bits per heavy atom. The third kappa shape index (κ3) is 2.77. The molecule has 0 saturated heterocycles. The van der Waals surface area contributed by atoms with Crippen LogP contribution in [0.2, 0.25) is 0 Å². The first-order valence-corrected chi connectivity index (χ1v) is 6.13. The number of hydrogen-bond acceptors (Lipinski definition) is 4. The highest BCUT2D eigenvalue weighted by atomic mass is 19.1. The molecular weight excluding hydrogens is 261 g/mol. The van der Waals surface area contributed by atoms with Crippen LogP contribution in [0, 0.1) is 5.82 Å². The van der Waals surface area contributed by atoms with Crippen LogP contribution in [0.1, 0.15) is 17.3 Å². The van der Waals surface area contributed by atoms with Crippen LogP contribution in [0.4, 0.5) is 4.39 Å². The topological polar surface area (TPSA) is 48.4 Å². The molecule has 104 valence electrons. The molecule has 0 atom stereocenters. The Balaban J connectivity index is 2.55. The fourth-order valence-electron chi connectivity index (χ4n) is 1.81. The first-order valence-electron chi connectivity index (χ1n) is 6.13. The van der Waals surface area contributed by atoms with Gasteiger partial charge in [-0.15, -0.1) is 0 Å². The molecule has 20 heavy (non-hydrogen) atoms. The van der Waals surface area contributed by atoms with E-state index < -0.39 is 11.8 Å². The molecule has 0 saturated carbocycles. The lowest BCUT2D eigenvalue weighted by Gasteiger charge is -2.10. The molecule has 1 heterocycles. The van der Waals surface area contributed by atoms with Crippen molar-refractivity contribution in [3.8, 4) is 17.0 Å². The van der Waals surface area contributed by atoms with Crippen molar-refractivity contribution in [2.45, 2.75) is 6.92 Å². The second-order valence-electron chi connectivity index (χ2n) is 3.97. The number of halogens is 1. The number of carbonyl (C=O) groups is 1. The third-order valence-electron chi connectivity index (χ3n) is 2.73. The average molecular weight is 275 g/mol. The molecule has 1 aromatic heterocycles. The summed E-state index contributed by atoms with van der Waals surface area (Å²) >= 11 is 0. The van der Waals surface area contributed by atoms with Crippen molar-refractivity contribution in [1.82, 2.24) is 4.98 Å². The molecule has 0 amide bonds. The SMILES string of the molecule is CCOC(=O)c1cccnc1-c1cc(OC)ccc1F. The van der Waals surface area contributed by atoms with Gasteiger partial charge < -0.3 is 9.47 Å². The number of aromatic nitrogens is 1. The van der Waals surface area contributed by atoms with E-state index in [0.717, 1.165) is 0 Å². The standard InChI is InChI=1S/C15H14FNO3/c1-3-20-15(18)11-5-4-8-17-14(11)12-9-10(19-2)6-7-13(12)16/h4-9H,3H2,1-2H3. The maximum absolute atomic E-state index is 14.0.